The van der Waals surface area contributed by atoms with Crippen LogP contribution in [0.2, 0.25) is 0 Å². The molecular formula is C19H22N2O2. The third-order valence-corrected chi connectivity index (χ3v) is 5.21. The van der Waals surface area contributed by atoms with E-state index < -0.39 is 5.97 Å². The van der Waals surface area contributed by atoms with E-state index in [1.807, 2.05) is 0 Å². The molecule has 0 aromatic heterocycles. The van der Waals surface area contributed by atoms with Crippen LogP contribution < -0.4 is 5.01 Å². The van der Waals surface area contributed by atoms with Crippen molar-refractivity contribution in [1.82, 2.24) is 5.01 Å². The van der Waals surface area contributed by atoms with E-state index in [1.165, 1.54) is 22.0 Å². The maximum absolute atomic E-state index is 11.2. The molecule has 1 atom stereocenters. The summed E-state index contributed by atoms with van der Waals surface area (Å²) in [5.74, 6) is -0.821. The van der Waals surface area contributed by atoms with Crippen LogP contribution in [0.4, 0.5) is 5.69 Å². The number of nitrogens with zero attached hydrogens (tertiary/aromatic N) is 2. The highest BCUT2D eigenvalue weighted by molar-refractivity contribution is 5.88. The lowest BCUT2D eigenvalue weighted by Crippen LogP contribution is -2.42. The SMILES string of the molecule is O=C(O)C1CCCN(N2CCc3cc4ccccc4cc32)CC1. The molecule has 2 aromatic rings. The van der Waals surface area contributed by atoms with Gasteiger partial charge in [-0.1, -0.05) is 24.3 Å². The fourth-order valence-electron chi connectivity index (χ4n) is 3.93. The van der Waals surface area contributed by atoms with Crippen LogP contribution in [-0.4, -0.2) is 35.7 Å². The Kier molecular flexibility index (Phi) is 3.69. The predicted molar refractivity (Wildman–Crippen MR) is 91.5 cm³/mol. The van der Waals surface area contributed by atoms with Gasteiger partial charge in [-0.2, -0.15) is 0 Å². The first-order chi connectivity index (χ1) is 11.2. The van der Waals surface area contributed by atoms with Crippen molar-refractivity contribution >= 4 is 22.4 Å². The van der Waals surface area contributed by atoms with Gasteiger partial charge in [0.1, 0.15) is 0 Å². The number of hydrogen-bond acceptors (Lipinski definition) is 3. The van der Waals surface area contributed by atoms with Gasteiger partial charge >= 0.3 is 5.97 Å². The number of rotatable bonds is 2. The van der Waals surface area contributed by atoms with Crippen molar-refractivity contribution in [2.45, 2.75) is 25.7 Å². The molecule has 2 aromatic carbocycles. The highest BCUT2D eigenvalue weighted by Gasteiger charge is 2.29. The lowest BCUT2D eigenvalue weighted by molar-refractivity contribution is -0.142. The normalized spacial score (nSPS) is 22.1. The first-order valence-electron chi connectivity index (χ1n) is 8.49. The zero-order chi connectivity index (χ0) is 15.8. The summed E-state index contributed by atoms with van der Waals surface area (Å²) in [6.07, 6.45) is 3.56. The largest absolute Gasteiger partial charge is 0.481 e. The molecule has 1 fully saturated rings. The molecule has 2 heterocycles. The average Bonchev–Trinajstić information content (AvgIpc) is 2.80. The number of carbonyl (C=O) groups is 1. The third kappa shape index (κ3) is 2.68. The van der Waals surface area contributed by atoms with E-state index in [0.29, 0.717) is 0 Å². The van der Waals surface area contributed by atoms with Gasteiger partial charge in [0, 0.05) is 19.6 Å². The number of aliphatic carboxylic acids is 1. The smallest absolute Gasteiger partial charge is 0.306 e. The van der Waals surface area contributed by atoms with Gasteiger partial charge in [0.2, 0.25) is 0 Å². The van der Waals surface area contributed by atoms with E-state index in [2.05, 4.69) is 46.4 Å². The van der Waals surface area contributed by atoms with Gasteiger partial charge < -0.3 is 10.1 Å². The Balaban J connectivity index is 1.60. The fraction of sp³-hybridized carbons (Fsp3) is 0.421. The minimum absolute atomic E-state index is 0.182. The Morgan fingerprint density at radius 2 is 1.83 bits per heavy atom. The summed E-state index contributed by atoms with van der Waals surface area (Å²) in [4.78, 5) is 11.2. The van der Waals surface area contributed by atoms with Crippen molar-refractivity contribution in [3.05, 3.63) is 42.0 Å². The molecule has 0 saturated carbocycles. The Bertz CT molecular complexity index is 743. The number of carboxylic acids is 1. The summed E-state index contributed by atoms with van der Waals surface area (Å²) in [6, 6.07) is 13.1. The van der Waals surface area contributed by atoms with Crippen molar-refractivity contribution in [1.29, 1.82) is 0 Å². The molecule has 2 aliphatic heterocycles. The summed E-state index contributed by atoms with van der Waals surface area (Å²) in [6.45, 7) is 2.79. The molecule has 1 saturated heterocycles. The Labute approximate surface area is 136 Å². The number of anilines is 1. The lowest BCUT2D eigenvalue weighted by Gasteiger charge is -2.33. The van der Waals surface area contributed by atoms with E-state index in [4.69, 9.17) is 0 Å². The maximum atomic E-state index is 11.2. The van der Waals surface area contributed by atoms with Crippen molar-refractivity contribution in [2.75, 3.05) is 24.6 Å². The van der Waals surface area contributed by atoms with Crippen molar-refractivity contribution in [3.63, 3.8) is 0 Å². The van der Waals surface area contributed by atoms with Crippen molar-refractivity contribution in [2.24, 2.45) is 5.92 Å². The summed E-state index contributed by atoms with van der Waals surface area (Å²) >= 11 is 0. The fourth-order valence-corrected chi connectivity index (χ4v) is 3.93. The second-order valence-corrected chi connectivity index (χ2v) is 6.62. The summed E-state index contributed by atoms with van der Waals surface area (Å²) in [5, 5.41) is 16.6. The molecule has 23 heavy (non-hydrogen) atoms. The van der Waals surface area contributed by atoms with Crippen LogP contribution in [0.5, 0.6) is 0 Å². The summed E-state index contributed by atoms with van der Waals surface area (Å²) in [7, 11) is 0. The maximum Gasteiger partial charge on any atom is 0.306 e. The summed E-state index contributed by atoms with van der Waals surface area (Å²) in [5.41, 5.74) is 2.71. The molecule has 4 nitrogen and oxygen atoms in total. The molecule has 4 heteroatoms. The third-order valence-electron chi connectivity index (χ3n) is 5.21. The number of benzene rings is 2. The van der Waals surface area contributed by atoms with Crippen LogP contribution in [0, 0.1) is 5.92 Å². The number of fused-ring (bicyclic) bond motifs is 2. The van der Waals surface area contributed by atoms with Crippen LogP contribution in [0.1, 0.15) is 24.8 Å². The van der Waals surface area contributed by atoms with Gasteiger partial charge in [0.15, 0.2) is 0 Å². The van der Waals surface area contributed by atoms with Crippen LogP contribution in [0.3, 0.4) is 0 Å². The van der Waals surface area contributed by atoms with Crippen LogP contribution in [-0.2, 0) is 11.2 Å². The molecule has 0 spiro atoms. The van der Waals surface area contributed by atoms with E-state index in [1.54, 1.807) is 0 Å². The average molecular weight is 310 g/mol. The zero-order valence-electron chi connectivity index (χ0n) is 13.2. The van der Waals surface area contributed by atoms with Crippen molar-refractivity contribution < 1.29 is 9.90 Å². The number of carboxylic acid groups (broad SMARTS) is 1. The second kappa shape index (κ2) is 5.85. The summed E-state index contributed by atoms with van der Waals surface area (Å²) < 4.78 is 0. The van der Waals surface area contributed by atoms with Crippen molar-refractivity contribution in [3.8, 4) is 0 Å². The second-order valence-electron chi connectivity index (χ2n) is 6.62. The molecule has 1 N–H and O–H groups in total. The highest BCUT2D eigenvalue weighted by atomic mass is 16.4. The molecule has 120 valence electrons. The lowest BCUT2D eigenvalue weighted by atomic mass is 10.0. The van der Waals surface area contributed by atoms with E-state index >= 15 is 0 Å². The first-order valence-corrected chi connectivity index (χ1v) is 8.49. The van der Waals surface area contributed by atoms with E-state index in [-0.39, 0.29) is 5.92 Å². The van der Waals surface area contributed by atoms with E-state index in [0.717, 1.165) is 45.3 Å². The molecule has 0 amide bonds. The van der Waals surface area contributed by atoms with Gasteiger partial charge in [-0.3, -0.25) is 4.79 Å². The van der Waals surface area contributed by atoms with Gasteiger partial charge in [-0.25, -0.2) is 5.01 Å². The minimum atomic E-state index is -0.639. The van der Waals surface area contributed by atoms with Crippen LogP contribution in [0.15, 0.2) is 36.4 Å². The van der Waals surface area contributed by atoms with Crippen LogP contribution in [0.25, 0.3) is 10.8 Å². The molecule has 4 rings (SSSR count). The predicted octanol–water partition coefficient (Wildman–Crippen LogP) is 3.30. The molecule has 0 radical (unpaired) electrons. The molecule has 2 aliphatic rings. The topological polar surface area (TPSA) is 43.8 Å². The Morgan fingerprint density at radius 3 is 2.61 bits per heavy atom. The van der Waals surface area contributed by atoms with E-state index in [9.17, 15) is 9.90 Å². The van der Waals surface area contributed by atoms with Gasteiger partial charge in [0.25, 0.3) is 0 Å². The monoisotopic (exact) mass is 310 g/mol. The minimum Gasteiger partial charge on any atom is -0.481 e. The van der Waals surface area contributed by atoms with Gasteiger partial charge in [-0.15, -0.1) is 0 Å². The number of hydrazine groups is 1. The molecular weight excluding hydrogens is 288 g/mol. The quantitative estimate of drug-likeness (QED) is 0.924. The first kappa shape index (κ1) is 14.5. The standard InChI is InChI=1S/C19H22N2O2/c22-19(23)14-6-3-9-20(10-7-14)21-11-8-17-12-15-4-1-2-5-16(15)13-18(17)21/h1-2,4-5,12-14H,3,6-11H2,(H,22,23). The molecule has 1 unspecified atom stereocenters. The van der Waals surface area contributed by atoms with Gasteiger partial charge in [0.05, 0.1) is 11.6 Å². The highest BCUT2D eigenvalue weighted by Crippen LogP contribution is 2.34. The number of hydrogen-bond donors (Lipinski definition) is 1. The Morgan fingerprint density at radius 1 is 1.04 bits per heavy atom. The van der Waals surface area contributed by atoms with Gasteiger partial charge in [-0.05, 0) is 54.2 Å². The zero-order valence-corrected chi connectivity index (χ0v) is 13.2. The molecule has 0 bridgehead atoms. The Hall–Kier alpha value is -2.07. The molecule has 0 aliphatic carbocycles. The van der Waals surface area contributed by atoms with Crippen LogP contribution >= 0.6 is 0 Å².